The van der Waals surface area contributed by atoms with Crippen LogP contribution >= 0.6 is 0 Å². The number of carbonyl (C=O) groups excluding carboxylic acids is 5. The first-order chi connectivity index (χ1) is 15.6. The molecule has 1 aliphatic heterocycles. The van der Waals surface area contributed by atoms with Crippen LogP contribution in [0, 0.1) is 5.92 Å². The lowest BCUT2D eigenvalue weighted by Crippen LogP contribution is -2.56. The Morgan fingerprint density at radius 1 is 1.12 bits per heavy atom. The molecular weight excluding hydrogens is 428 g/mol. The van der Waals surface area contributed by atoms with Crippen molar-refractivity contribution in [3.63, 3.8) is 0 Å². The Bertz CT molecular complexity index is 686. The molecule has 1 aliphatic rings. The zero-order valence-electron chi connectivity index (χ0n) is 19.8. The highest BCUT2D eigenvalue weighted by molar-refractivity contribution is 5.94. The Morgan fingerprint density at radius 3 is 2.39 bits per heavy atom. The van der Waals surface area contributed by atoms with Crippen molar-refractivity contribution in [1.29, 1.82) is 0 Å². The first kappa shape index (κ1) is 28.5. The smallest absolute Gasteiger partial charge is 0.245 e. The van der Waals surface area contributed by atoms with Crippen LogP contribution in [0.25, 0.3) is 0 Å². The van der Waals surface area contributed by atoms with Gasteiger partial charge in [0.2, 0.25) is 23.6 Å². The molecule has 4 atom stereocenters. The van der Waals surface area contributed by atoms with Crippen molar-refractivity contribution < 1.29 is 24.0 Å². The minimum absolute atomic E-state index is 0.00912. The summed E-state index contributed by atoms with van der Waals surface area (Å²) in [5.41, 5.74) is 16.6. The van der Waals surface area contributed by atoms with Gasteiger partial charge in [0, 0.05) is 13.0 Å². The second-order valence-corrected chi connectivity index (χ2v) is 9.03. The number of hydrogen-bond acceptors (Lipinski definition) is 7. The first-order valence-corrected chi connectivity index (χ1v) is 11.7. The SMILES string of the molecule is CC(C)C[C@@H](N)C(=O)N[C@@H](CCC(N)=O)C(=O)N1CCC[C@H]1C(=O)N[C@H](C=O)CCCCN. The fourth-order valence-electron chi connectivity index (χ4n) is 3.90. The van der Waals surface area contributed by atoms with Gasteiger partial charge in [0.25, 0.3) is 0 Å². The lowest BCUT2D eigenvalue weighted by molar-refractivity contribution is -0.142. The Morgan fingerprint density at radius 2 is 1.82 bits per heavy atom. The largest absolute Gasteiger partial charge is 0.370 e. The molecular formula is C22H40N6O5. The molecule has 0 aromatic heterocycles. The summed E-state index contributed by atoms with van der Waals surface area (Å²) in [5.74, 6) is -1.79. The lowest BCUT2D eigenvalue weighted by atomic mass is 10.0. The monoisotopic (exact) mass is 468 g/mol. The van der Waals surface area contributed by atoms with Crippen molar-refractivity contribution in [2.75, 3.05) is 13.1 Å². The third kappa shape index (κ3) is 9.87. The van der Waals surface area contributed by atoms with Gasteiger partial charge in [-0.3, -0.25) is 19.2 Å². The van der Waals surface area contributed by atoms with Crippen molar-refractivity contribution in [1.82, 2.24) is 15.5 Å². The molecule has 1 rings (SSSR count). The van der Waals surface area contributed by atoms with Crippen LogP contribution in [-0.4, -0.2) is 72.1 Å². The van der Waals surface area contributed by atoms with E-state index in [-0.39, 0.29) is 18.8 Å². The molecule has 33 heavy (non-hydrogen) atoms. The molecule has 0 bridgehead atoms. The molecule has 1 heterocycles. The molecule has 0 aromatic rings. The van der Waals surface area contributed by atoms with Crippen LogP contribution in [0.15, 0.2) is 0 Å². The van der Waals surface area contributed by atoms with Gasteiger partial charge in [-0.25, -0.2) is 0 Å². The molecule has 1 saturated heterocycles. The van der Waals surface area contributed by atoms with Crippen LogP contribution in [0.5, 0.6) is 0 Å². The molecule has 0 aliphatic carbocycles. The summed E-state index contributed by atoms with van der Waals surface area (Å²) in [4.78, 5) is 62.7. The van der Waals surface area contributed by atoms with E-state index in [2.05, 4.69) is 10.6 Å². The van der Waals surface area contributed by atoms with Crippen LogP contribution in [0.3, 0.4) is 0 Å². The second-order valence-electron chi connectivity index (χ2n) is 9.03. The van der Waals surface area contributed by atoms with Gasteiger partial charge in [-0.15, -0.1) is 0 Å². The maximum atomic E-state index is 13.3. The summed E-state index contributed by atoms with van der Waals surface area (Å²) in [6.45, 7) is 4.69. The van der Waals surface area contributed by atoms with Gasteiger partial charge >= 0.3 is 0 Å². The number of rotatable bonds is 15. The minimum Gasteiger partial charge on any atom is -0.370 e. The van der Waals surface area contributed by atoms with Crippen LogP contribution in [0.4, 0.5) is 0 Å². The summed E-state index contributed by atoms with van der Waals surface area (Å²) < 4.78 is 0. The second kappa shape index (κ2) is 14.6. The topological polar surface area (TPSA) is 191 Å². The van der Waals surface area contributed by atoms with Crippen LogP contribution < -0.4 is 27.8 Å². The maximum Gasteiger partial charge on any atom is 0.245 e. The van der Waals surface area contributed by atoms with Crippen molar-refractivity contribution >= 4 is 29.9 Å². The molecule has 1 fully saturated rings. The van der Waals surface area contributed by atoms with E-state index < -0.39 is 47.8 Å². The van der Waals surface area contributed by atoms with Crippen LogP contribution in [0.1, 0.15) is 65.2 Å². The van der Waals surface area contributed by atoms with E-state index in [1.807, 2.05) is 13.8 Å². The standard InChI is InChI=1S/C22H40N6O5/c1-14(2)12-16(24)20(31)27-17(8-9-19(25)30)22(33)28-11-5-7-18(28)21(32)26-15(13-29)6-3-4-10-23/h13-18H,3-12,23-24H2,1-2H3,(H2,25,30)(H,26,32)(H,27,31)/t15-,16+,17-,18-/m0/s1. The van der Waals surface area contributed by atoms with Gasteiger partial charge < -0.3 is 37.5 Å². The van der Waals surface area contributed by atoms with E-state index in [4.69, 9.17) is 17.2 Å². The highest BCUT2D eigenvalue weighted by Crippen LogP contribution is 2.20. The maximum absolute atomic E-state index is 13.3. The van der Waals surface area contributed by atoms with Gasteiger partial charge in [0.05, 0.1) is 12.1 Å². The summed E-state index contributed by atoms with van der Waals surface area (Å²) in [6, 6.07) is -3.23. The number of primary amides is 1. The summed E-state index contributed by atoms with van der Waals surface area (Å²) >= 11 is 0. The van der Waals surface area contributed by atoms with Gasteiger partial charge in [-0.2, -0.15) is 0 Å². The number of likely N-dealkylation sites (tertiary alicyclic amines) is 1. The third-order valence-electron chi connectivity index (χ3n) is 5.66. The number of hydrogen-bond donors (Lipinski definition) is 5. The van der Waals surface area contributed by atoms with E-state index in [1.165, 1.54) is 4.90 Å². The minimum atomic E-state index is -1.02. The zero-order chi connectivity index (χ0) is 25.0. The average Bonchev–Trinajstić information content (AvgIpc) is 3.24. The van der Waals surface area contributed by atoms with Gasteiger partial charge in [0.1, 0.15) is 18.4 Å². The Hall–Kier alpha value is -2.53. The predicted molar refractivity (Wildman–Crippen MR) is 123 cm³/mol. The average molecular weight is 469 g/mol. The molecule has 0 unspecified atom stereocenters. The summed E-state index contributed by atoms with van der Waals surface area (Å²) in [7, 11) is 0. The molecule has 11 heteroatoms. The predicted octanol–water partition coefficient (Wildman–Crippen LogP) is -1.09. The van der Waals surface area contributed by atoms with Gasteiger partial charge in [-0.1, -0.05) is 13.8 Å². The van der Waals surface area contributed by atoms with Crippen molar-refractivity contribution in [3.05, 3.63) is 0 Å². The Labute approximate surface area is 195 Å². The Kier molecular flexibility index (Phi) is 12.6. The number of amides is 4. The zero-order valence-corrected chi connectivity index (χ0v) is 19.8. The molecule has 188 valence electrons. The molecule has 11 nitrogen and oxygen atoms in total. The highest BCUT2D eigenvalue weighted by atomic mass is 16.2. The van der Waals surface area contributed by atoms with E-state index in [0.29, 0.717) is 51.5 Å². The molecule has 4 amide bonds. The van der Waals surface area contributed by atoms with Crippen molar-refractivity contribution in [2.24, 2.45) is 23.1 Å². The van der Waals surface area contributed by atoms with E-state index in [0.717, 1.165) is 6.42 Å². The normalized spacial score (nSPS) is 18.5. The molecule has 0 saturated carbocycles. The lowest BCUT2D eigenvalue weighted by Gasteiger charge is -2.30. The quantitative estimate of drug-likeness (QED) is 0.149. The van der Waals surface area contributed by atoms with Crippen molar-refractivity contribution in [2.45, 2.75) is 89.4 Å². The number of aldehydes is 1. The van der Waals surface area contributed by atoms with Gasteiger partial charge in [-0.05, 0) is 57.4 Å². The fourth-order valence-corrected chi connectivity index (χ4v) is 3.90. The molecule has 0 aromatic carbocycles. The van der Waals surface area contributed by atoms with Crippen molar-refractivity contribution in [3.8, 4) is 0 Å². The Balaban J connectivity index is 2.88. The summed E-state index contributed by atoms with van der Waals surface area (Å²) in [5, 5.41) is 5.34. The number of nitrogens with two attached hydrogens (primary N) is 3. The van der Waals surface area contributed by atoms with E-state index >= 15 is 0 Å². The molecule has 0 spiro atoms. The number of carbonyl (C=O) groups is 5. The number of nitrogens with zero attached hydrogens (tertiary/aromatic N) is 1. The van der Waals surface area contributed by atoms with Crippen LogP contribution in [0.2, 0.25) is 0 Å². The third-order valence-corrected chi connectivity index (χ3v) is 5.66. The van der Waals surface area contributed by atoms with Crippen LogP contribution in [-0.2, 0) is 24.0 Å². The van der Waals surface area contributed by atoms with E-state index in [9.17, 15) is 24.0 Å². The fraction of sp³-hybridized carbons (Fsp3) is 0.773. The number of unbranched alkanes of at least 4 members (excludes halogenated alkanes) is 1. The summed E-state index contributed by atoms with van der Waals surface area (Å²) in [6.07, 6.45) is 3.99. The highest BCUT2D eigenvalue weighted by Gasteiger charge is 2.38. The van der Waals surface area contributed by atoms with Gasteiger partial charge in [0.15, 0.2) is 0 Å². The number of nitrogens with one attached hydrogen (secondary N) is 2. The van der Waals surface area contributed by atoms with E-state index in [1.54, 1.807) is 0 Å². The first-order valence-electron chi connectivity index (χ1n) is 11.7. The molecule has 0 radical (unpaired) electrons. The molecule has 8 N–H and O–H groups in total.